The van der Waals surface area contributed by atoms with Crippen molar-refractivity contribution >= 4 is 22.7 Å². The summed E-state index contributed by atoms with van der Waals surface area (Å²) in [6, 6.07) is 17.5. The molecule has 0 radical (unpaired) electrons. The largest absolute Gasteiger partial charge is 0.497 e. The predicted octanol–water partition coefficient (Wildman–Crippen LogP) is 3.82. The first-order valence-corrected chi connectivity index (χ1v) is 9.29. The minimum absolute atomic E-state index is 0.0836. The van der Waals surface area contributed by atoms with Gasteiger partial charge in [-0.1, -0.05) is 12.1 Å². The van der Waals surface area contributed by atoms with Crippen molar-refractivity contribution in [3.63, 3.8) is 0 Å². The molecule has 0 aliphatic heterocycles. The molecule has 0 aliphatic carbocycles. The average molecular weight is 405 g/mol. The molecule has 8 heteroatoms. The van der Waals surface area contributed by atoms with E-state index in [4.69, 9.17) is 13.9 Å². The van der Waals surface area contributed by atoms with Crippen LogP contribution < -0.4 is 20.5 Å². The molecule has 0 atom stereocenters. The summed E-state index contributed by atoms with van der Waals surface area (Å²) in [7, 11) is 1.59. The number of pyridine rings is 1. The predicted molar refractivity (Wildman–Crippen MR) is 111 cm³/mol. The fourth-order valence-corrected chi connectivity index (χ4v) is 2.97. The van der Waals surface area contributed by atoms with Gasteiger partial charge in [-0.05, 0) is 48.5 Å². The number of amides is 1. The van der Waals surface area contributed by atoms with Crippen molar-refractivity contribution in [2.45, 2.75) is 13.0 Å². The lowest BCUT2D eigenvalue weighted by Crippen LogP contribution is -2.20. The molecule has 0 bridgehead atoms. The molecule has 0 fully saturated rings. The maximum absolute atomic E-state index is 12.5. The molecule has 2 aromatic carbocycles. The Bertz CT molecular complexity index is 1230. The number of anilines is 1. The van der Waals surface area contributed by atoms with E-state index in [1.807, 2.05) is 6.07 Å². The molecule has 8 nitrogen and oxygen atoms in total. The highest BCUT2D eigenvalue weighted by Crippen LogP contribution is 2.28. The molecular weight excluding hydrogens is 386 g/mol. The number of aryl methyl sites for hydroxylation is 1. The first kappa shape index (κ1) is 19.3. The van der Waals surface area contributed by atoms with Crippen molar-refractivity contribution in [1.82, 2.24) is 9.55 Å². The summed E-state index contributed by atoms with van der Waals surface area (Å²) in [4.78, 5) is 28.7. The summed E-state index contributed by atoms with van der Waals surface area (Å²) in [5.74, 6) is 0.760. The highest BCUT2D eigenvalue weighted by molar-refractivity contribution is 5.92. The van der Waals surface area contributed by atoms with Crippen LogP contribution in [0.1, 0.15) is 6.42 Å². The number of rotatable bonds is 7. The Kier molecular flexibility index (Phi) is 5.47. The standard InChI is InChI=1S/C22H19N3O5/c1-28-15-8-10-16(11-9-15)29-21-17(5-4-13-23-21)24-20(26)12-14-25-18-6-2-3-7-19(18)30-22(25)27/h2-11,13H,12,14H2,1H3,(H,24,26). The quantitative estimate of drug-likeness (QED) is 0.502. The third-order valence-corrected chi connectivity index (χ3v) is 4.46. The van der Waals surface area contributed by atoms with Gasteiger partial charge >= 0.3 is 5.76 Å². The Hall–Kier alpha value is -4.07. The molecule has 0 spiro atoms. The lowest BCUT2D eigenvalue weighted by Gasteiger charge is -2.11. The van der Waals surface area contributed by atoms with Gasteiger partial charge in [-0.3, -0.25) is 9.36 Å². The molecule has 4 rings (SSSR count). The summed E-state index contributed by atoms with van der Waals surface area (Å²) in [6.45, 7) is 0.191. The lowest BCUT2D eigenvalue weighted by atomic mass is 10.3. The maximum Gasteiger partial charge on any atom is 0.419 e. The number of nitrogens with zero attached hydrogens (tertiary/aromatic N) is 2. The Morgan fingerprint density at radius 3 is 2.63 bits per heavy atom. The SMILES string of the molecule is COc1ccc(Oc2ncccc2NC(=O)CCn2c(=O)oc3ccccc32)cc1. The minimum Gasteiger partial charge on any atom is -0.497 e. The molecule has 2 heterocycles. The first-order chi connectivity index (χ1) is 14.6. The number of para-hydroxylation sites is 2. The van der Waals surface area contributed by atoms with Crippen LogP contribution in [0.4, 0.5) is 5.69 Å². The fourth-order valence-electron chi connectivity index (χ4n) is 2.97. The van der Waals surface area contributed by atoms with Crippen LogP contribution in [0, 0.1) is 0 Å². The van der Waals surface area contributed by atoms with E-state index in [0.29, 0.717) is 28.3 Å². The number of fused-ring (bicyclic) bond motifs is 1. The monoisotopic (exact) mass is 405 g/mol. The van der Waals surface area contributed by atoms with Crippen molar-refractivity contribution in [2.24, 2.45) is 0 Å². The van der Waals surface area contributed by atoms with E-state index in [9.17, 15) is 9.59 Å². The van der Waals surface area contributed by atoms with Crippen molar-refractivity contribution < 1.29 is 18.7 Å². The van der Waals surface area contributed by atoms with E-state index in [1.165, 1.54) is 4.57 Å². The van der Waals surface area contributed by atoms with Crippen LogP contribution in [-0.4, -0.2) is 22.6 Å². The number of hydrogen-bond acceptors (Lipinski definition) is 6. The molecule has 4 aromatic rings. The molecular formula is C22H19N3O5. The second-order valence-electron chi connectivity index (χ2n) is 6.42. The number of carbonyl (C=O) groups excluding carboxylic acids is 1. The molecule has 152 valence electrons. The zero-order valence-corrected chi connectivity index (χ0v) is 16.2. The van der Waals surface area contributed by atoms with Crippen LogP contribution in [0.5, 0.6) is 17.4 Å². The van der Waals surface area contributed by atoms with Gasteiger partial charge in [0, 0.05) is 19.2 Å². The van der Waals surface area contributed by atoms with Crippen LogP contribution in [0.2, 0.25) is 0 Å². The van der Waals surface area contributed by atoms with E-state index in [1.54, 1.807) is 67.9 Å². The third kappa shape index (κ3) is 4.17. The molecule has 0 saturated heterocycles. The molecule has 1 amide bonds. The number of hydrogen-bond donors (Lipinski definition) is 1. The summed E-state index contributed by atoms with van der Waals surface area (Å²) in [5, 5.41) is 2.79. The highest BCUT2D eigenvalue weighted by atomic mass is 16.5. The summed E-state index contributed by atoms with van der Waals surface area (Å²) < 4.78 is 17.5. The minimum atomic E-state index is -0.492. The van der Waals surface area contributed by atoms with Gasteiger partial charge in [-0.15, -0.1) is 0 Å². The topological polar surface area (TPSA) is 95.6 Å². The van der Waals surface area contributed by atoms with E-state index in [0.717, 1.165) is 0 Å². The smallest absolute Gasteiger partial charge is 0.419 e. The average Bonchev–Trinajstić information content (AvgIpc) is 3.09. The van der Waals surface area contributed by atoms with Gasteiger partial charge in [0.05, 0.1) is 12.6 Å². The summed E-state index contributed by atoms with van der Waals surface area (Å²) >= 11 is 0. The van der Waals surface area contributed by atoms with Crippen LogP contribution in [0.25, 0.3) is 11.1 Å². The number of methoxy groups -OCH3 is 1. The second kappa shape index (κ2) is 8.52. The maximum atomic E-state index is 12.5. The third-order valence-electron chi connectivity index (χ3n) is 4.46. The van der Waals surface area contributed by atoms with E-state index in [2.05, 4.69) is 10.3 Å². The molecule has 0 saturated carbocycles. The molecule has 0 aliphatic rings. The molecule has 0 unspecified atom stereocenters. The fraction of sp³-hybridized carbons (Fsp3) is 0.136. The van der Waals surface area contributed by atoms with Gasteiger partial charge in [0.1, 0.15) is 17.2 Å². The first-order valence-electron chi connectivity index (χ1n) is 9.29. The number of aromatic nitrogens is 2. The van der Waals surface area contributed by atoms with Crippen LogP contribution in [0.15, 0.2) is 76.1 Å². The van der Waals surface area contributed by atoms with Gasteiger partial charge in [-0.25, -0.2) is 9.78 Å². The number of carbonyl (C=O) groups is 1. The normalized spacial score (nSPS) is 10.7. The lowest BCUT2D eigenvalue weighted by molar-refractivity contribution is -0.116. The Labute approximate surface area is 171 Å². The second-order valence-corrected chi connectivity index (χ2v) is 6.42. The van der Waals surface area contributed by atoms with Gasteiger partial charge in [0.2, 0.25) is 11.8 Å². The van der Waals surface area contributed by atoms with Crippen LogP contribution in [0.3, 0.4) is 0 Å². The van der Waals surface area contributed by atoms with Gasteiger partial charge in [0.15, 0.2) is 5.58 Å². The van der Waals surface area contributed by atoms with Gasteiger partial charge in [0.25, 0.3) is 0 Å². The number of benzene rings is 2. The number of nitrogens with one attached hydrogen (secondary N) is 1. The summed E-state index contributed by atoms with van der Waals surface area (Å²) in [5.41, 5.74) is 1.58. The van der Waals surface area contributed by atoms with Crippen LogP contribution >= 0.6 is 0 Å². The van der Waals surface area contributed by atoms with E-state index < -0.39 is 5.76 Å². The van der Waals surface area contributed by atoms with Crippen LogP contribution in [-0.2, 0) is 11.3 Å². The summed E-state index contributed by atoms with van der Waals surface area (Å²) in [6.07, 6.45) is 1.66. The van der Waals surface area contributed by atoms with Crippen molar-refractivity contribution in [1.29, 1.82) is 0 Å². The van der Waals surface area contributed by atoms with Crippen molar-refractivity contribution in [3.8, 4) is 17.4 Å². The molecule has 1 N–H and O–H groups in total. The van der Waals surface area contributed by atoms with Crippen molar-refractivity contribution in [2.75, 3.05) is 12.4 Å². The molecule has 2 aromatic heterocycles. The van der Waals surface area contributed by atoms with Gasteiger partial charge in [-0.2, -0.15) is 0 Å². The zero-order chi connectivity index (χ0) is 20.9. The van der Waals surface area contributed by atoms with E-state index >= 15 is 0 Å². The van der Waals surface area contributed by atoms with Gasteiger partial charge < -0.3 is 19.2 Å². The van der Waals surface area contributed by atoms with Crippen molar-refractivity contribution in [3.05, 3.63) is 77.4 Å². The zero-order valence-electron chi connectivity index (χ0n) is 16.2. The Balaban J connectivity index is 1.44. The number of ether oxygens (including phenoxy) is 2. The molecule has 30 heavy (non-hydrogen) atoms. The Morgan fingerprint density at radius 2 is 1.83 bits per heavy atom. The highest BCUT2D eigenvalue weighted by Gasteiger charge is 2.13. The Morgan fingerprint density at radius 1 is 1.07 bits per heavy atom. The number of oxazole rings is 1. The van der Waals surface area contributed by atoms with E-state index in [-0.39, 0.29) is 24.8 Å².